The van der Waals surface area contributed by atoms with Gasteiger partial charge in [0.2, 0.25) is 0 Å². The number of hydrogen-bond acceptors (Lipinski definition) is 19. The zero-order valence-corrected chi connectivity index (χ0v) is 63.2. The highest BCUT2D eigenvalue weighted by atomic mass is 35.5. The zero-order chi connectivity index (χ0) is 70.8. The van der Waals surface area contributed by atoms with E-state index in [9.17, 15) is 8.42 Å². The molecule has 0 N–H and O–H groups in total. The molecule has 2 aliphatic carbocycles. The van der Waals surface area contributed by atoms with Gasteiger partial charge >= 0.3 is 0 Å². The fraction of sp³-hybridized carbons (Fsp3) is 0.382. The van der Waals surface area contributed by atoms with Gasteiger partial charge in [-0.15, -0.1) is 18.7 Å². The van der Waals surface area contributed by atoms with Crippen LogP contribution in [0.4, 0.5) is 0 Å². The molecule has 0 radical (unpaired) electrons. The minimum atomic E-state index is -3.45. The minimum absolute atomic E-state index is 0.139. The SMILES string of the molecule is COOSN1CCC(C2=C3[N-]C=CC=C3C(CCCn3ccnc3)=Cc3cc(Cl)ccc32)CC1.COOSN1CCC(C2c3ccc(Cl)cc3C=C(CCCOS(C)(=O)=O)c3cccnc32)CC1.COOSN1CCC(c2c3ncccc3c(CCCn3ccnc3)c[c+]3cc(Cl)ccc23)CC1. The summed E-state index contributed by atoms with van der Waals surface area (Å²) in [5, 5.41) is 10.8. The van der Waals surface area contributed by atoms with Crippen molar-refractivity contribution in [1.29, 1.82) is 0 Å². The predicted octanol–water partition coefficient (Wildman–Crippen LogP) is 18.6. The van der Waals surface area contributed by atoms with Crippen LogP contribution in [0.15, 0.2) is 170 Å². The molecule has 4 aromatic heterocycles. The molecule has 0 amide bonds. The molecule has 1 atom stereocenters. The van der Waals surface area contributed by atoms with Crippen molar-refractivity contribution in [3.63, 3.8) is 0 Å². The average molecular weight is 1520 g/mol. The monoisotopic (exact) mass is 1510 g/mol. The lowest BCUT2D eigenvalue weighted by Crippen LogP contribution is -2.32. The fourth-order valence-electron chi connectivity index (χ4n) is 14.7. The molecule has 0 saturated carbocycles. The van der Waals surface area contributed by atoms with Crippen molar-refractivity contribution >= 4 is 127 Å². The van der Waals surface area contributed by atoms with Gasteiger partial charge in [0.25, 0.3) is 10.1 Å². The molecule has 4 aromatic carbocycles. The van der Waals surface area contributed by atoms with E-state index in [4.69, 9.17) is 81.9 Å². The normalized spacial score (nSPS) is 17.8. The molecule has 26 heteroatoms. The van der Waals surface area contributed by atoms with E-state index in [2.05, 4.69) is 98.8 Å². The first kappa shape index (κ1) is 75.6. The first-order valence-corrected chi connectivity index (χ1v) is 39.6. The molecule has 6 aliphatic rings. The largest absolute Gasteiger partial charge is 0.663 e. The summed E-state index contributed by atoms with van der Waals surface area (Å²) in [6.45, 7) is 7.52. The maximum atomic E-state index is 11.4. The lowest BCUT2D eigenvalue weighted by atomic mass is 9.76. The molecular weight excluding hydrogens is 1430 g/mol. The number of hydrogen-bond donors (Lipinski definition) is 0. The van der Waals surface area contributed by atoms with Crippen LogP contribution in [0.25, 0.3) is 50.3 Å². The highest BCUT2D eigenvalue weighted by Gasteiger charge is 2.36. The molecular formula is C76H85Cl3N10O9S4. The van der Waals surface area contributed by atoms with Crippen molar-refractivity contribution in [3.05, 3.63) is 235 Å². The van der Waals surface area contributed by atoms with Crippen molar-refractivity contribution in [3.8, 4) is 0 Å². The molecule has 1 unspecified atom stereocenters. The van der Waals surface area contributed by atoms with Gasteiger partial charge in [-0.2, -0.15) is 14.6 Å². The third-order valence-corrected chi connectivity index (χ3v) is 22.9. The van der Waals surface area contributed by atoms with Gasteiger partial charge in [-0.05, 0) is 181 Å². The average Bonchev–Trinajstić information content (AvgIpc) is 1.60. The van der Waals surface area contributed by atoms with Crippen molar-refractivity contribution in [2.75, 3.05) is 73.5 Å². The molecule has 0 bridgehead atoms. The second-order valence-corrected chi connectivity index (χ2v) is 31.2. The van der Waals surface area contributed by atoms with Crippen molar-refractivity contribution in [2.45, 2.75) is 102 Å². The van der Waals surface area contributed by atoms with E-state index >= 15 is 0 Å². The molecule has 538 valence electrons. The lowest BCUT2D eigenvalue weighted by molar-refractivity contribution is -0.163. The number of halogens is 3. The Bertz CT molecular complexity index is 4420. The van der Waals surface area contributed by atoms with Crippen LogP contribution in [0.1, 0.15) is 127 Å². The van der Waals surface area contributed by atoms with Gasteiger partial charge in [0, 0.05) is 153 Å². The Morgan fingerprint density at radius 1 is 0.627 bits per heavy atom. The van der Waals surface area contributed by atoms with Crippen LogP contribution in [0.5, 0.6) is 0 Å². The maximum Gasteiger partial charge on any atom is 0.264 e. The lowest BCUT2D eigenvalue weighted by Gasteiger charge is -2.37. The second-order valence-electron chi connectivity index (χ2n) is 25.8. The van der Waals surface area contributed by atoms with E-state index < -0.39 is 10.1 Å². The van der Waals surface area contributed by atoms with Crippen LogP contribution < -0.4 is 0 Å². The Kier molecular flexibility index (Phi) is 27.6. The number of aryl methyl sites for hydroxylation is 3. The van der Waals surface area contributed by atoms with Gasteiger partial charge in [-0.25, -0.2) is 42.5 Å². The smallest absolute Gasteiger partial charge is 0.264 e. The molecule has 14 rings (SSSR count). The summed E-state index contributed by atoms with van der Waals surface area (Å²) in [5.74, 6) is 1.37. The highest BCUT2D eigenvalue weighted by molar-refractivity contribution is 7.92. The summed E-state index contributed by atoms with van der Waals surface area (Å²) in [6.07, 6.45) is 38.3. The van der Waals surface area contributed by atoms with Gasteiger partial charge < -0.3 is 14.5 Å². The van der Waals surface area contributed by atoms with Gasteiger partial charge in [-0.3, -0.25) is 9.17 Å². The first-order valence-electron chi connectivity index (χ1n) is 34.6. The molecule has 4 aliphatic heterocycles. The molecule has 8 heterocycles. The summed E-state index contributed by atoms with van der Waals surface area (Å²) in [4.78, 5) is 32.4. The van der Waals surface area contributed by atoms with Crippen molar-refractivity contribution < 1.29 is 40.3 Å². The van der Waals surface area contributed by atoms with E-state index in [0.717, 1.165) is 166 Å². The molecule has 0 spiro atoms. The van der Waals surface area contributed by atoms with Crippen LogP contribution in [-0.2, 0) is 61.5 Å². The Balaban J connectivity index is 0.000000144. The number of benzene rings is 3. The summed E-state index contributed by atoms with van der Waals surface area (Å²) < 4.78 is 53.7. The highest BCUT2D eigenvalue weighted by Crippen LogP contribution is 2.49. The number of allylic oxidation sites excluding steroid dienone is 5. The van der Waals surface area contributed by atoms with Crippen molar-refractivity contribution in [1.82, 2.24) is 42.0 Å². The van der Waals surface area contributed by atoms with Crippen LogP contribution in [0.3, 0.4) is 0 Å². The maximum absolute atomic E-state index is 11.4. The third kappa shape index (κ3) is 19.9. The van der Waals surface area contributed by atoms with Gasteiger partial charge in [-0.1, -0.05) is 71.3 Å². The van der Waals surface area contributed by atoms with E-state index in [1.54, 1.807) is 0 Å². The molecule has 19 nitrogen and oxygen atoms in total. The van der Waals surface area contributed by atoms with Gasteiger partial charge in [0.05, 0.1) is 68.9 Å². The summed E-state index contributed by atoms with van der Waals surface area (Å²) in [7, 11) is 1.12. The third-order valence-electron chi connectivity index (χ3n) is 19.3. The summed E-state index contributed by atoms with van der Waals surface area (Å²) in [6, 6.07) is 29.3. The van der Waals surface area contributed by atoms with E-state index in [0.29, 0.717) is 35.6 Å². The van der Waals surface area contributed by atoms with Crippen LogP contribution in [0, 0.1) is 11.8 Å². The Morgan fingerprint density at radius 3 is 1.88 bits per heavy atom. The number of piperidine rings is 3. The molecule has 8 aromatic rings. The number of rotatable bonds is 25. The number of aromatic nitrogens is 6. The number of nitrogens with zero attached hydrogens (tertiary/aromatic N) is 10. The van der Waals surface area contributed by atoms with Gasteiger partial charge in [0.1, 0.15) is 47.2 Å². The second kappa shape index (κ2) is 37.3. The first-order chi connectivity index (χ1) is 49.8. The number of pyridine rings is 2. The Morgan fingerprint density at radius 2 is 1.23 bits per heavy atom. The number of fused-ring (bicyclic) bond motifs is 6. The van der Waals surface area contributed by atoms with Crippen LogP contribution >= 0.6 is 71.5 Å². The van der Waals surface area contributed by atoms with Gasteiger partial charge in [0.15, 0.2) is 0 Å². The van der Waals surface area contributed by atoms with E-state index in [1.165, 1.54) is 119 Å². The zero-order valence-electron chi connectivity index (χ0n) is 57.7. The standard InChI is InChI=1S/2C26H28ClN4O2S.C24H29ClN2O5S2/c2*1-32-33-34-31-13-8-19(9-14-31)25-23-7-6-22(27)17-21(23)16-20(24-5-2-10-29-26(24)25)4-3-12-30-15-11-28-18-30;1-30-32-33-27-12-9-17(10-13-27)23-21-8-7-20(25)16-19(21)15-18(5-4-14-31-34(2,28)29)22-6-3-11-26-24(22)23/h2*2,5-7,10-11,15-19H,3-4,8-9,12-14H2,1H3;3,6-8,11,15-17,23H,4-5,9-10,12-14H2,1-2H3/q-1;+1;. The molecule has 102 heavy (non-hydrogen) atoms. The van der Waals surface area contributed by atoms with Crippen LogP contribution in [-0.4, -0.2) is 124 Å². The topological polar surface area (TPSA) is 184 Å². The Hall–Kier alpha value is -6.04. The Labute approximate surface area is 626 Å². The number of imidazole rings is 2. The summed E-state index contributed by atoms with van der Waals surface area (Å²) in [5.41, 5.74) is 16.8. The van der Waals surface area contributed by atoms with E-state index in [-0.39, 0.29) is 12.5 Å². The quantitative estimate of drug-likeness (QED) is 0.01000. The molecule has 3 saturated heterocycles. The summed E-state index contributed by atoms with van der Waals surface area (Å²) >= 11 is 23.1. The predicted molar refractivity (Wildman–Crippen MR) is 412 cm³/mol. The van der Waals surface area contributed by atoms with Crippen LogP contribution in [0.2, 0.25) is 15.1 Å². The van der Waals surface area contributed by atoms with Crippen molar-refractivity contribution in [2.24, 2.45) is 11.8 Å². The minimum Gasteiger partial charge on any atom is -0.663 e. The molecule has 3 fully saturated rings. The fourth-order valence-corrected chi connectivity index (χ4v) is 17.2. The van der Waals surface area contributed by atoms with E-state index in [1.807, 2.05) is 98.5 Å².